The second-order valence-corrected chi connectivity index (χ2v) is 7.45. The van der Waals surface area contributed by atoms with Crippen LogP contribution >= 0.6 is 0 Å². The minimum atomic E-state index is -0.130. The van der Waals surface area contributed by atoms with Crippen molar-refractivity contribution in [3.05, 3.63) is 35.8 Å². The second-order valence-electron chi connectivity index (χ2n) is 7.45. The van der Waals surface area contributed by atoms with Crippen molar-refractivity contribution in [2.75, 3.05) is 31.1 Å². The maximum atomic E-state index is 12.3. The zero-order valence-corrected chi connectivity index (χ0v) is 15.8. The van der Waals surface area contributed by atoms with Gasteiger partial charge in [0, 0.05) is 38.3 Å². The lowest BCUT2D eigenvalue weighted by Gasteiger charge is -2.31. The van der Waals surface area contributed by atoms with Crippen LogP contribution in [-0.2, 0) is 7.05 Å². The number of anilines is 1. The molecule has 27 heavy (non-hydrogen) atoms. The lowest BCUT2D eigenvalue weighted by Crippen LogP contribution is -2.43. The normalized spacial score (nSPS) is 19.2. The standard InChI is InChI=1S/C19H27N7O/c1-25-11-8-16(24-25)14-6-12-26(13-7-14)18-3-2-17(22-23-18)19(27)21-15-4-9-20-10-5-15/h2-3,8,11,14-15,20H,4-7,9-10,12-13H2,1H3,(H,21,27). The van der Waals surface area contributed by atoms with Gasteiger partial charge in [-0.1, -0.05) is 0 Å². The van der Waals surface area contributed by atoms with E-state index in [1.807, 2.05) is 24.0 Å². The molecule has 2 aromatic rings. The van der Waals surface area contributed by atoms with Crippen LogP contribution < -0.4 is 15.5 Å². The van der Waals surface area contributed by atoms with Crippen molar-refractivity contribution in [3.8, 4) is 0 Å². The van der Waals surface area contributed by atoms with E-state index in [4.69, 9.17) is 0 Å². The Hall–Kier alpha value is -2.48. The molecule has 2 aliphatic heterocycles. The molecule has 2 N–H and O–H groups in total. The lowest BCUT2D eigenvalue weighted by molar-refractivity contribution is 0.0923. The molecular formula is C19H27N7O. The van der Waals surface area contributed by atoms with Crippen molar-refractivity contribution in [1.82, 2.24) is 30.6 Å². The fraction of sp³-hybridized carbons (Fsp3) is 0.579. The highest BCUT2D eigenvalue weighted by Crippen LogP contribution is 2.28. The average molecular weight is 369 g/mol. The van der Waals surface area contributed by atoms with Crippen molar-refractivity contribution in [2.24, 2.45) is 7.05 Å². The summed E-state index contributed by atoms with van der Waals surface area (Å²) in [5.41, 5.74) is 1.56. The van der Waals surface area contributed by atoms with Gasteiger partial charge in [0.1, 0.15) is 0 Å². The molecule has 2 aliphatic rings. The molecule has 0 unspecified atom stereocenters. The van der Waals surface area contributed by atoms with E-state index in [2.05, 4.69) is 36.9 Å². The number of amides is 1. The van der Waals surface area contributed by atoms with E-state index in [9.17, 15) is 4.79 Å². The summed E-state index contributed by atoms with van der Waals surface area (Å²) in [7, 11) is 1.96. The Kier molecular flexibility index (Phi) is 5.33. The maximum Gasteiger partial charge on any atom is 0.272 e. The fourth-order valence-electron chi connectivity index (χ4n) is 3.90. The van der Waals surface area contributed by atoms with Gasteiger partial charge in [-0.25, -0.2) is 0 Å². The quantitative estimate of drug-likeness (QED) is 0.838. The monoisotopic (exact) mass is 369 g/mol. The summed E-state index contributed by atoms with van der Waals surface area (Å²) < 4.78 is 1.86. The molecular weight excluding hydrogens is 342 g/mol. The molecule has 2 fully saturated rings. The number of aryl methyl sites for hydroxylation is 1. The second kappa shape index (κ2) is 8.04. The first-order chi connectivity index (χ1) is 13.2. The van der Waals surface area contributed by atoms with Crippen LogP contribution in [-0.4, -0.2) is 58.1 Å². The van der Waals surface area contributed by atoms with E-state index in [-0.39, 0.29) is 11.9 Å². The number of carbonyl (C=O) groups excluding carboxylic acids is 1. The number of rotatable bonds is 4. The first kappa shape index (κ1) is 17.9. The Morgan fingerprint density at radius 2 is 1.89 bits per heavy atom. The van der Waals surface area contributed by atoms with E-state index < -0.39 is 0 Å². The zero-order chi connectivity index (χ0) is 18.6. The van der Waals surface area contributed by atoms with Crippen LogP contribution in [0.4, 0.5) is 5.82 Å². The lowest BCUT2D eigenvalue weighted by atomic mass is 9.94. The van der Waals surface area contributed by atoms with Crippen molar-refractivity contribution in [2.45, 2.75) is 37.6 Å². The van der Waals surface area contributed by atoms with Gasteiger partial charge >= 0.3 is 0 Å². The van der Waals surface area contributed by atoms with E-state index in [1.165, 1.54) is 5.69 Å². The molecule has 0 radical (unpaired) electrons. The smallest absolute Gasteiger partial charge is 0.272 e. The number of carbonyl (C=O) groups is 1. The molecule has 0 atom stereocenters. The maximum absolute atomic E-state index is 12.3. The van der Waals surface area contributed by atoms with Crippen molar-refractivity contribution in [3.63, 3.8) is 0 Å². The third-order valence-corrected chi connectivity index (χ3v) is 5.53. The van der Waals surface area contributed by atoms with Crippen molar-refractivity contribution >= 4 is 11.7 Å². The molecule has 144 valence electrons. The summed E-state index contributed by atoms with van der Waals surface area (Å²) in [4.78, 5) is 14.6. The molecule has 0 spiro atoms. The Morgan fingerprint density at radius 1 is 1.11 bits per heavy atom. The molecule has 2 aromatic heterocycles. The van der Waals surface area contributed by atoms with Crippen LogP contribution in [0.2, 0.25) is 0 Å². The largest absolute Gasteiger partial charge is 0.355 e. The van der Waals surface area contributed by atoms with E-state index in [0.29, 0.717) is 11.6 Å². The van der Waals surface area contributed by atoms with E-state index in [0.717, 1.165) is 57.7 Å². The van der Waals surface area contributed by atoms with Crippen LogP contribution in [0.5, 0.6) is 0 Å². The number of hydrogen-bond acceptors (Lipinski definition) is 6. The zero-order valence-electron chi connectivity index (χ0n) is 15.8. The highest BCUT2D eigenvalue weighted by Gasteiger charge is 2.24. The fourth-order valence-corrected chi connectivity index (χ4v) is 3.90. The number of aromatic nitrogens is 4. The van der Waals surface area contributed by atoms with Crippen LogP contribution in [0, 0.1) is 0 Å². The third kappa shape index (κ3) is 4.27. The van der Waals surface area contributed by atoms with Crippen molar-refractivity contribution < 1.29 is 4.79 Å². The first-order valence-electron chi connectivity index (χ1n) is 9.79. The highest BCUT2D eigenvalue weighted by molar-refractivity contribution is 5.92. The van der Waals surface area contributed by atoms with Gasteiger partial charge in [0.15, 0.2) is 11.5 Å². The Balaban J connectivity index is 1.32. The Bertz CT molecular complexity index is 759. The topological polar surface area (TPSA) is 88.0 Å². The van der Waals surface area contributed by atoms with Gasteiger partial charge in [0.2, 0.25) is 0 Å². The van der Waals surface area contributed by atoms with Crippen LogP contribution in [0.1, 0.15) is 47.8 Å². The summed E-state index contributed by atoms with van der Waals surface area (Å²) in [6, 6.07) is 6.02. The third-order valence-electron chi connectivity index (χ3n) is 5.53. The van der Waals surface area contributed by atoms with Crippen LogP contribution in [0.3, 0.4) is 0 Å². The van der Waals surface area contributed by atoms with Gasteiger partial charge in [0.25, 0.3) is 5.91 Å². The summed E-state index contributed by atoms with van der Waals surface area (Å²) in [5, 5.41) is 19.4. The predicted molar refractivity (Wildman–Crippen MR) is 103 cm³/mol. The molecule has 8 nitrogen and oxygen atoms in total. The minimum Gasteiger partial charge on any atom is -0.355 e. The SMILES string of the molecule is Cn1ccc(C2CCN(c3ccc(C(=O)NC4CCNCC4)nn3)CC2)n1. The summed E-state index contributed by atoms with van der Waals surface area (Å²) in [5.74, 6) is 1.22. The van der Waals surface area contributed by atoms with E-state index in [1.54, 1.807) is 6.07 Å². The van der Waals surface area contributed by atoms with Crippen LogP contribution in [0.25, 0.3) is 0 Å². The predicted octanol–water partition coefficient (Wildman–Crippen LogP) is 1.08. The van der Waals surface area contributed by atoms with E-state index >= 15 is 0 Å². The highest BCUT2D eigenvalue weighted by atomic mass is 16.2. The average Bonchev–Trinajstić information content (AvgIpc) is 3.15. The number of nitrogens with one attached hydrogen (secondary N) is 2. The number of nitrogens with zero attached hydrogens (tertiary/aromatic N) is 5. The first-order valence-corrected chi connectivity index (χ1v) is 9.79. The van der Waals surface area contributed by atoms with Crippen LogP contribution in [0.15, 0.2) is 24.4 Å². The molecule has 8 heteroatoms. The van der Waals surface area contributed by atoms with Crippen molar-refractivity contribution in [1.29, 1.82) is 0 Å². The van der Waals surface area contributed by atoms with Gasteiger partial charge in [-0.3, -0.25) is 9.48 Å². The summed E-state index contributed by atoms with van der Waals surface area (Å²) >= 11 is 0. The molecule has 0 aliphatic carbocycles. The summed E-state index contributed by atoms with van der Waals surface area (Å²) in [6.07, 6.45) is 6.03. The molecule has 4 heterocycles. The number of piperidine rings is 2. The molecule has 4 rings (SSSR count). The molecule has 0 bridgehead atoms. The molecule has 0 saturated carbocycles. The minimum absolute atomic E-state index is 0.130. The Morgan fingerprint density at radius 3 is 2.52 bits per heavy atom. The summed E-state index contributed by atoms with van der Waals surface area (Å²) in [6.45, 7) is 3.75. The van der Waals surface area contributed by atoms with Gasteiger partial charge in [0.05, 0.1) is 5.69 Å². The molecule has 1 amide bonds. The van der Waals surface area contributed by atoms with Gasteiger partial charge < -0.3 is 15.5 Å². The van der Waals surface area contributed by atoms with Gasteiger partial charge in [-0.15, -0.1) is 10.2 Å². The van der Waals surface area contributed by atoms with Gasteiger partial charge in [-0.05, 0) is 57.0 Å². The molecule has 0 aromatic carbocycles. The van der Waals surface area contributed by atoms with Gasteiger partial charge in [-0.2, -0.15) is 5.10 Å². The Labute approximate surface area is 159 Å². The number of hydrogen-bond donors (Lipinski definition) is 2. The molecule has 2 saturated heterocycles.